The third kappa shape index (κ3) is 3.04. The molecule has 2 heterocycles. The molecule has 144 valence electrons. The van der Waals surface area contributed by atoms with Gasteiger partial charge in [0.15, 0.2) is 11.5 Å². The summed E-state index contributed by atoms with van der Waals surface area (Å²) in [6, 6.07) is 12.9. The topological polar surface area (TPSA) is 89.2 Å². The van der Waals surface area contributed by atoms with Gasteiger partial charge in [-0.15, -0.1) is 10.2 Å². The van der Waals surface area contributed by atoms with E-state index in [1.54, 1.807) is 37.4 Å². The quantitative estimate of drug-likeness (QED) is 0.573. The van der Waals surface area contributed by atoms with Crippen molar-refractivity contribution >= 4 is 26.4 Å². The normalized spacial score (nSPS) is 12.3. The maximum Gasteiger partial charge on any atom is 0.241 e. The van der Waals surface area contributed by atoms with Crippen molar-refractivity contribution in [2.75, 3.05) is 0 Å². The molecule has 1 N–H and O–H groups in total. The summed E-state index contributed by atoms with van der Waals surface area (Å²) in [5.41, 5.74) is 2.80. The minimum absolute atomic E-state index is 0.197. The van der Waals surface area contributed by atoms with E-state index in [2.05, 4.69) is 20.0 Å². The highest BCUT2D eigenvalue weighted by atomic mass is 32.2. The fraction of sp³-hybridized carbons (Fsp3) is 0.250. The lowest BCUT2D eigenvalue weighted by Gasteiger charge is -2.13. The summed E-state index contributed by atoms with van der Waals surface area (Å²) in [4.78, 5) is 0.230. The first-order valence-electron chi connectivity index (χ1n) is 9.02. The van der Waals surface area contributed by atoms with Gasteiger partial charge in [0, 0.05) is 22.4 Å². The average Bonchev–Trinajstić information content (AvgIpc) is 3.05. The summed E-state index contributed by atoms with van der Waals surface area (Å²) in [6.07, 6.45) is 0. The molecule has 0 saturated heterocycles. The van der Waals surface area contributed by atoms with E-state index in [0.717, 1.165) is 16.5 Å². The highest BCUT2D eigenvalue weighted by Crippen LogP contribution is 2.27. The Morgan fingerprint density at radius 3 is 2.43 bits per heavy atom. The Kier molecular flexibility index (Phi) is 4.40. The van der Waals surface area contributed by atoms with Gasteiger partial charge in [0.1, 0.15) is 0 Å². The highest BCUT2D eigenvalue weighted by Gasteiger charge is 2.21. The van der Waals surface area contributed by atoms with Crippen LogP contribution in [0.4, 0.5) is 0 Å². The molecular weight excluding hydrogens is 374 g/mol. The van der Waals surface area contributed by atoms with Crippen molar-refractivity contribution in [3.63, 3.8) is 0 Å². The molecule has 8 heteroatoms. The second-order valence-corrected chi connectivity index (χ2v) is 8.83. The van der Waals surface area contributed by atoms with Crippen LogP contribution in [0.3, 0.4) is 0 Å². The van der Waals surface area contributed by atoms with Crippen LogP contribution in [-0.4, -0.2) is 34.3 Å². The number of nitrogens with one attached hydrogen (secondary N) is 1. The number of hydrogen-bond donors (Lipinski definition) is 1. The molecule has 4 aromatic rings. The van der Waals surface area contributed by atoms with Gasteiger partial charge in [-0.3, -0.25) is 0 Å². The van der Waals surface area contributed by atoms with Crippen LogP contribution in [0.1, 0.15) is 25.1 Å². The molecule has 4 rings (SSSR count). The molecule has 0 aliphatic heterocycles. The monoisotopic (exact) mass is 395 g/mol. The molecule has 0 atom stereocenters. The van der Waals surface area contributed by atoms with Gasteiger partial charge in [0.2, 0.25) is 10.0 Å². The molecule has 2 aromatic heterocycles. The minimum atomic E-state index is -3.63. The third-order valence-electron chi connectivity index (χ3n) is 4.58. The molecule has 28 heavy (non-hydrogen) atoms. The predicted molar refractivity (Wildman–Crippen MR) is 109 cm³/mol. The number of nitrogens with zero attached hydrogens (tertiary/aromatic N) is 4. The lowest BCUT2D eigenvalue weighted by molar-refractivity contribution is 0.569. The largest absolute Gasteiger partial charge is 0.241 e. The van der Waals surface area contributed by atoms with E-state index in [1.165, 1.54) is 0 Å². The molecule has 0 fully saturated rings. The van der Waals surface area contributed by atoms with Gasteiger partial charge >= 0.3 is 0 Å². The first-order chi connectivity index (χ1) is 13.3. The van der Waals surface area contributed by atoms with Gasteiger partial charge in [-0.05, 0) is 39.3 Å². The zero-order chi connectivity index (χ0) is 20.1. The van der Waals surface area contributed by atoms with Gasteiger partial charge < -0.3 is 0 Å². The lowest BCUT2D eigenvalue weighted by atomic mass is 10.1. The summed E-state index contributed by atoms with van der Waals surface area (Å²) >= 11 is 0. The summed E-state index contributed by atoms with van der Waals surface area (Å²) in [5.74, 6) is 0.504. The zero-order valence-corrected chi connectivity index (χ0v) is 16.9. The van der Waals surface area contributed by atoms with Gasteiger partial charge in [0.25, 0.3) is 0 Å². The van der Waals surface area contributed by atoms with E-state index >= 15 is 0 Å². The molecular formula is C20H21N5O2S. The summed E-state index contributed by atoms with van der Waals surface area (Å²) in [7, 11) is -3.63. The maximum absolute atomic E-state index is 12.7. The van der Waals surface area contributed by atoms with Crippen molar-refractivity contribution in [3.8, 4) is 11.4 Å². The number of rotatable bonds is 4. The molecule has 0 radical (unpaired) electrons. The fourth-order valence-electron chi connectivity index (χ4n) is 3.32. The van der Waals surface area contributed by atoms with Crippen LogP contribution in [0, 0.1) is 13.8 Å². The second-order valence-electron chi connectivity index (χ2n) is 7.15. The molecule has 0 spiro atoms. The van der Waals surface area contributed by atoms with Gasteiger partial charge in [-0.25, -0.2) is 13.1 Å². The number of aromatic nitrogens is 4. The highest BCUT2D eigenvalue weighted by molar-refractivity contribution is 7.89. The van der Waals surface area contributed by atoms with E-state index in [-0.39, 0.29) is 10.9 Å². The van der Waals surface area contributed by atoms with E-state index < -0.39 is 10.0 Å². The summed E-state index contributed by atoms with van der Waals surface area (Å²) < 4.78 is 29.7. The van der Waals surface area contributed by atoms with Gasteiger partial charge in [-0.1, -0.05) is 36.4 Å². The second kappa shape index (κ2) is 6.65. The first-order valence-corrected chi connectivity index (χ1v) is 10.5. The van der Waals surface area contributed by atoms with Crippen molar-refractivity contribution in [3.05, 3.63) is 53.7 Å². The van der Waals surface area contributed by atoms with Crippen LogP contribution >= 0.6 is 0 Å². The van der Waals surface area contributed by atoms with Crippen LogP contribution in [0.5, 0.6) is 0 Å². The Hall–Kier alpha value is -2.84. The molecule has 0 bridgehead atoms. The first kappa shape index (κ1) is 18.5. The molecule has 0 aliphatic rings. The molecule has 0 amide bonds. The average molecular weight is 395 g/mol. The molecule has 0 aliphatic carbocycles. The van der Waals surface area contributed by atoms with Crippen molar-refractivity contribution in [2.24, 2.45) is 0 Å². The smallest absolute Gasteiger partial charge is 0.209 e. The summed E-state index contributed by atoms with van der Waals surface area (Å²) in [6.45, 7) is 7.29. The minimum Gasteiger partial charge on any atom is -0.209 e. The zero-order valence-electron chi connectivity index (χ0n) is 16.1. The van der Waals surface area contributed by atoms with Crippen LogP contribution in [-0.2, 0) is 10.0 Å². The van der Waals surface area contributed by atoms with Crippen molar-refractivity contribution in [1.82, 2.24) is 24.5 Å². The lowest BCUT2D eigenvalue weighted by Crippen LogP contribution is -2.30. The number of fused-ring (bicyclic) bond motifs is 3. The van der Waals surface area contributed by atoms with Crippen LogP contribution in [0.25, 0.3) is 27.8 Å². The van der Waals surface area contributed by atoms with Crippen molar-refractivity contribution in [2.45, 2.75) is 38.6 Å². The maximum atomic E-state index is 12.7. The van der Waals surface area contributed by atoms with Crippen molar-refractivity contribution < 1.29 is 8.42 Å². The van der Waals surface area contributed by atoms with Crippen LogP contribution in [0.2, 0.25) is 0 Å². The number of aryl methyl sites for hydroxylation is 2. The van der Waals surface area contributed by atoms with Gasteiger partial charge in [-0.2, -0.15) is 9.61 Å². The Labute approximate surface area is 163 Å². The van der Waals surface area contributed by atoms with Crippen LogP contribution < -0.4 is 4.72 Å². The van der Waals surface area contributed by atoms with E-state index in [4.69, 9.17) is 0 Å². The number of sulfonamides is 1. The SMILES string of the molecule is Cc1ccc(-c2nnc3c4ccccc4c(C)nn23)cc1S(=O)(=O)NC(C)C. The molecule has 7 nitrogen and oxygen atoms in total. The molecule has 0 saturated carbocycles. The van der Waals surface area contributed by atoms with Gasteiger partial charge in [0.05, 0.1) is 10.6 Å². The Balaban J connectivity index is 1.93. The van der Waals surface area contributed by atoms with Crippen LogP contribution in [0.15, 0.2) is 47.4 Å². The number of hydrogen-bond acceptors (Lipinski definition) is 5. The molecule has 2 aromatic carbocycles. The summed E-state index contributed by atoms with van der Waals surface area (Å²) in [5, 5.41) is 15.2. The fourth-order valence-corrected chi connectivity index (χ4v) is 4.84. The van der Waals surface area contributed by atoms with E-state index in [1.807, 2.05) is 37.3 Å². The van der Waals surface area contributed by atoms with E-state index in [9.17, 15) is 8.42 Å². The third-order valence-corrected chi connectivity index (χ3v) is 6.38. The Bertz CT molecular complexity index is 1310. The molecule has 0 unspecified atom stereocenters. The number of benzene rings is 2. The Morgan fingerprint density at radius 2 is 1.71 bits per heavy atom. The standard InChI is InChI=1S/C20H21N5O2S/c1-12(2)24-28(26,27)18-11-15(10-9-13(18)3)19-21-22-20-17-8-6-5-7-16(17)14(4)23-25(19)20/h5-12,24H,1-4H3. The Morgan fingerprint density at radius 1 is 1.00 bits per heavy atom. The van der Waals surface area contributed by atoms with Crippen molar-refractivity contribution in [1.29, 1.82) is 0 Å². The van der Waals surface area contributed by atoms with E-state index in [0.29, 0.717) is 22.6 Å². The predicted octanol–water partition coefficient (Wildman–Crippen LogP) is 3.25.